The summed E-state index contributed by atoms with van der Waals surface area (Å²) >= 11 is 1.44. The predicted octanol–water partition coefficient (Wildman–Crippen LogP) is 4.58. The number of carbonyl (C=O) groups is 1. The normalized spacial score (nSPS) is 12.1. The Kier molecular flexibility index (Phi) is 5.27. The van der Waals surface area contributed by atoms with E-state index in [9.17, 15) is 14.9 Å². The van der Waals surface area contributed by atoms with E-state index in [1.54, 1.807) is 19.1 Å². The van der Waals surface area contributed by atoms with Gasteiger partial charge in [-0.1, -0.05) is 18.2 Å². The van der Waals surface area contributed by atoms with Gasteiger partial charge in [0.25, 0.3) is 5.69 Å². The largest absolute Gasteiger partial charge is 0.465 e. The topological polar surface area (TPSA) is 74.4 Å². The number of thioether (sulfide) groups is 1. The number of carbonyl (C=O) groups excluding carboxylic acids is 1. The van der Waals surface area contributed by atoms with Crippen LogP contribution in [0.15, 0.2) is 59.6 Å². The molecule has 0 radical (unpaired) electrons. The molecule has 3 rings (SSSR count). The van der Waals surface area contributed by atoms with E-state index in [1.165, 1.54) is 23.9 Å². The minimum absolute atomic E-state index is 0.0516. The lowest BCUT2D eigenvalue weighted by Gasteiger charge is -2.09. The highest BCUT2D eigenvalue weighted by Gasteiger charge is 2.19. The number of nitrogens with zero attached hydrogens (tertiary/aromatic N) is 2. The molecule has 26 heavy (non-hydrogen) atoms. The van der Waals surface area contributed by atoms with Crippen molar-refractivity contribution < 1.29 is 14.5 Å². The summed E-state index contributed by atoms with van der Waals surface area (Å²) in [4.78, 5) is 23.3. The van der Waals surface area contributed by atoms with Crippen LogP contribution >= 0.6 is 11.8 Å². The summed E-state index contributed by atoms with van der Waals surface area (Å²) in [6, 6.07) is 14.3. The maximum Gasteiger partial charge on any atom is 0.319 e. The summed E-state index contributed by atoms with van der Waals surface area (Å²) in [7, 11) is 0. The van der Waals surface area contributed by atoms with Crippen LogP contribution in [0.5, 0.6) is 0 Å². The Bertz CT molecular complexity index is 950. The van der Waals surface area contributed by atoms with Crippen molar-refractivity contribution >= 4 is 34.3 Å². The number of hydrogen-bond donors (Lipinski definition) is 0. The molecule has 3 aromatic rings. The van der Waals surface area contributed by atoms with Gasteiger partial charge in [0.15, 0.2) is 0 Å². The predicted molar refractivity (Wildman–Crippen MR) is 102 cm³/mol. The molecule has 0 saturated carbocycles. The van der Waals surface area contributed by atoms with E-state index in [0.717, 1.165) is 21.5 Å². The fraction of sp³-hybridized carbons (Fsp3) is 0.211. The van der Waals surface area contributed by atoms with E-state index in [4.69, 9.17) is 4.74 Å². The van der Waals surface area contributed by atoms with Crippen molar-refractivity contribution in [2.24, 2.45) is 0 Å². The molecule has 1 aromatic heterocycles. The average molecular weight is 370 g/mol. The van der Waals surface area contributed by atoms with Gasteiger partial charge in [0.2, 0.25) is 0 Å². The average Bonchev–Trinajstić information content (AvgIpc) is 3.00. The van der Waals surface area contributed by atoms with Gasteiger partial charge in [-0.3, -0.25) is 14.9 Å². The third-order valence-electron chi connectivity index (χ3n) is 3.94. The number of nitro groups is 1. The fourth-order valence-electron chi connectivity index (χ4n) is 2.69. The molecule has 0 saturated heterocycles. The van der Waals surface area contributed by atoms with Gasteiger partial charge in [-0.2, -0.15) is 0 Å². The van der Waals surface area contributed by atoms with Gasteiger partial charge >= 0.3 is 5.97 Å². The highest BCUT2D eigenvalue weighted by molar-refractivity contribution is 8.00. The lowest BCUT2D eigenvalue weighted by molar-refractivity contribution is -0.384. The molecule has 0 bridgehead atoms. The van der Waals surface area contributed by atoms with E-state index in [1.807, 2.05) is 42.0 Å². The zero-order chi connectivity index (χ0) is 18.7. The molecule has 0 fully saturated rings. The summed E-state index contributed by atoms with van der Waals surface area (Å²) in [6.45, 7) is 3.96. The Balaban J connectivity index is 1.99. The minimum atomic E-state index is -0.417. The van der Waals surface area contributed by atoms with E-state index >= 15 is 0 Å². The zero-order valence-electron chi connectivity index (χ0n) is 14.4. The number of para-hydroxylation sites is 1. The molecule has 6 nitrogen and oxygen atoms in total. The molecule has 1 heterocycles. The molecule has 0 spiro atoms. The first-order chi connectivity index (χ1) is 12.5. The van der Waals surface area contributed by atoms with Crippen LogP contribution in [0.2, 0.25) is 0 Å². The number of non-ortho nitro benzene ring substituents is 1. The Morgan fingerprint density at radius 3 is 2.58 bits per heavy atom. The molecule has 134 valence electrons. The number of rotatable bonds is 6. The number of ether oxygens (including phenoxy) is 1. The van der Waals surface area contributed by atoms with Gasteiger partial charge in [-0.25, -0.2) is 0 Å². The maximum atomic E-state index is 11.9. The fourth-order valence-corrected chi connectivity index (χ4v) is 3.70. The Morgan fingerprint density at radius 1 is 1.23 bits per heavy atom. The third kappa shape index (κ3) is 3.57. The zero-order valence-corrected chi connectivity index (χ0v) is 15.2. The highest BCUT2D eigenvalue weighted by Crippen LogP contribution is 2.34. The second-order valence-electron chi connectivity index (χ2n) is 5.67. The summed E-state index contributed by atoms with van der Waals surface area (Å²) < 4.78 is 7.06. The Labute approximate surface area is 154 Å². The van der Waals surface area contributed by atoms with Crippen molar-refractivity contribution in [3.8, 4) is 5.69 Å². The number of hydrogen-bond acceptors (Lipinski definition) is 5. The number of esters is 1. The number of nitro benzene ring substituents is 1. The van der Waals surface area contributed by atoms with Crippen LogP contribution in [0, 0.1) is 10.1 Å². The SMILES string of the molecule is CCOC(=O)C(C)Sc1cn(-c2ccc([N+](=O)[O-])cc2)c2ccccc12. The Morgan fingerprint density at radius 2 is 1.92 bits per heavy atom. The van der Waals surface area contributed by atoms with Gasteiger partial charge < -0.3 is 9.30 Å². The van der Waals surface area contributed by atoms with Crippen molar-refractivity contribution in [2.45, 2.75) is 24.0 Å². The minimum Gasteiger partial charge on any atom is -0.465 e. The summed E-state index contributed by atoms with van der Waals surface area (Å²) in [6.07, 6.45) is 1.95. The molecule has 0 aliphatic rings. The molecule has 0 aliphatic heterocycles. The van der Waals surface area contributed by atoms with Crippen molar-refractivity contribution in [1.82, 2.24) is 4.57 Å². The van der Waals surface area contributed by atoms with Crippen molar-refractivity contribution in [2.75, 3.05) is 6.61 Å². The van der Waals surface area contributed by atoms with Crippen LogP contribution in [0.1, 0.15) is 13.8 Å². The first-order valence-corrected chi connectivity index (χ1v) is 9.07. The van der Waals surface area contributed by atoms with E-state index < -0.39 is 4.92 Å². The van der Waals surface area contributed by atoms with Crippen LogP contribution in [-0.4, -0.2) is 27.3 Å². The van der Waals surface area contributed by atoms with Gasteiger partial charge in [0, 0.05) is 34.3 Å². The first kappa shape index (κ1) is 18.0. The molecule has 0 aliphatic carbocycles. The van der Waals surface area contributed by atoms with Gasteiger partial charge in [-0.15, -0.1) is 11.8 Å². The molecule has 1 unspecified atom stereocenters. The second-order valence-corrected chi connectivity index (χ2v) is 7.05. The van der Waals surface area contributed by atoms with Gasteiger partial charge in [0.05, 0.1) is 17.0 Å². The molecule has 0 N–H and O–H groups in total. The van der Waals surface area contributed by atoms with Crippen LogP contribution in [-0.2, 0) is 9.53 Å². The molecule has 1 atom stereocenters. The maximum absolute atomic E-state index is 11.9. The molecular formula is C19H18N2O4S. The van der Waals surface area contributed by atoms with Gasteiger partial charge in [-0.05, 0) is 32.0 Å². The molecular weight excluding hydrogens is 352 g/mol. The van der Waals surface area contributed by atoms with Crippen LogP contribution < -0.4 is 0 Å². The monoisotopic (exact) mass is 370 g/mol. The molecule has 2 aromatic carbocycles. The highest BCUT2D eigenvalue weighted by atomic mass is 32.2. The van der Waals surface area contributed by atoms with Crippen LogP contribution in [0.4, 0.5) is 5.69 Å². The summed E-state index contributed by atoms with van der Waals surface area (Å²) in [5.74, 6) is -0.246. The molecule has 0 amide bonds. The summed E-state index contributed by atoms with van der Waals surface area (Å²) in [5, 5.41) is 11.5. The second kappa shape index (κ2) is 7.61. The van der Waals surface area contributed by atoms with E-state index in [-0.39, 0.29) is 16.9 Å². The van der Waals surface area contributed by atoms with E-state index in [2.05, 4.69) is 0 Å². The summed E-state index contributed by atoms with van der Waals surface area (Å²) in [5.41, 5.74) is 1.85. The van der Waals surface area contributed by atoms with Crippen molar-refractivity contribution in [1.29, 1.82) is 0 Å². The number of fused-ring (bicyclic) bond motifs is 1. The quantitative estimate of drug-likeness (QED) is 0.275. The molecule has 7 heteroatoms. The van der Waals surface area contributed by atoms with E-state index in [0.29, 0.717) is 6.61 Å². The van der Waals surface area contributed by atoms with Crippen LogP contribution in [0.3, 0.4) is 0 Å². The van der Waals surface area contributed by atoms with Crippen molar-refractivity contribution in [3.05, 3.63) is 64.8 Å². The third-order valence-corrected chi connectivity index (χ3v) is 5.06. The standard InChI is InChI=1S/C19H18N2O4S/c1-3-25-19(22)13(2)26-18-12-20(17-7-5-4-6-16(17)18)14-8-10-15(11-9-14)21(23)24/h4-13H,3H2,1-2H3. The lowest BCUT2D eigenvalue weighted by Crippen LogP contribution is -2.16. The van der Waals surface area contributed by atoms with Crippen molar-refractivity contribution in [3.63, 3.8) is 0 Å². The Hall–Kier alpha value is -2.80. The smallest absolute Gasteiger partial charge is 0.319 e. The number of aromatic nitrogens is 1. The lowest BCUT2D eigenvalue weighted by atomic mass is 10.2. The van der Waals surface area contributed by atoms with Gasteiger partial charge in [0.1, 0.15) is 5.25 Å². The van der Waals surface area contributed by atoms with Crippen LogP contribution in [0.25, 0.3) is 16.6 Å². The first-order valence-electron chi connectivity index (χ1n) is 8.19. The number of benzene rings is 2.